The molecule has 0 bridgehead atoms. The van der Waals surface area contributed by atoms with Crippen LogP contribution in [-0.2, 0) is 19.6 Å². The van der Waals surface area contributed by atoms with Crippen molar-refractivity contribution >= 4 is 11.6 Å². The Morgan fingerprint density at radius 1 is 1.26 bits per heavy atom. The highest BCUT2D eigenvalue weighted by molar-refractivity contribution is 6.31. The van der Waals surface area contributed by atoms with Gasteiger partial charge in [-0.15, -0.1) is 0 Å². The molecule has 0 saturated heterocycles. The summed E-state index contributed by atoms with van der Waals surface area (Å²) in [7, 11) is 1.91. The van der Waals surface area contributed by atoms with Crippen LogP contribution in [0.5, 0.6) is 5.75 Å². The Hall–Kier alpha value is -1.45. The molecule has 1 aromatic carbocycles. The third-order valence-electron chi connectivity index (χ3n) is 2.97. The minimum atomic E-state index is 0.425. The van der Waals surface area contributed by atoms with E-state index in [2.05, 4.69) is 12.2 Å². The first-order chi connectivity index (χ1) is 9.24. The summed E-state index contributed by atoms with van der Waals surface area (Å²) in [5, 5.41) is 3.88. The number of hydrogen-bond donors (Lipinski definition) is 1. The molecule has 1 N–H and O–H groups in total. The van der Waals surface area contributed by atoms with Crippen LogP contribution < -0.4 is 10.1 Å². The van der Waals surface area contributed by atoms with Gasteiger partial charge in [0, 0.05) is 17.1 Å². The number of furan rings is 1. The van der Waals surface area contributed by atoms with Gasteiger partial charge in [-0.3, -0.25) is 0 Å². The molecule has 0 aliphatic rings. The van der Waals surface area contributed by atoms with Crippen molar-refractivity contribution in [2.24, 2.45) is 0 Å². The molecule has 3 nitrogen and oxygen atoms in total. The molecule has 2 aromatic rings. The molecule has 0 amide bonds. The van der Waals surface area contributed by atoms with Crippen molar-refractivity contribution in [1.82, 2.24) is 5.32 Å². The van der Waals surface area contributed by atoms with Gasteiger partial charge >= 0.3 is 0 Å². The molecule has 0 fully saturated rings. The lowest BCUT2D eigenvalue weighted by atomic mass is 10.1. The van der Waals surface area contributed by atoms with Gasteiger partial charge in [-0.05, 0) is 43.3 Å². The summed E-state index contributed by atoms with van der Waals surface area (Å²) < 4.78 is 11.2. The summed E-state index contributed by atoms with van der Waals surface area (Å²) >= 11 is 6.08. The minimum absolute atomic E-state index is 0.425. The van der Waals surface area contributed by atoms with Crippen molar-refractivity contribution in [3.8, 4) is 5.75 Å². The SMILES string of the molecule is CCc1cc(OCc2occc2CNC)ccc1Cl. The van der Waals surface area contributed by atoms with Gasteiger partial charge in [-0.25, -0.2) is 0 Å². The zero-order valence-electron chi connectivity index (χ0n) is 11.2. The van der Waals surface area contributed by atoms with Gasteiger partial charge < -0.3 is 14.5 Å². The van der Waals surface area contributed by atoms with Crippen LogP contribution in [0.4, 0.5) is 0 Å². The van der Waals surface area contributed by atoms with Crippen molar-refractivity contribution in [2.45, 2.75) is 26.5 Å². The summed E-state index contributed by atoms with van der Waals surface area (Å²) in [6.07, 6.45) is 2.58. The van der Waals surface area contributed by atoms with Crippen molar-refractivity contribution < 1.29 is 9.15 Å². The largest absolute Gasteiger partial charge is 0.486 e. The van der Waals surface area contributed by atoms with Gasteiger partial charge in [0.1, 0.15) is 18.1 Å². The predicted octanol–water partition coefficient (Wildman–Crippen LogP) is 3.79. The van der Waals surface area contributed by atoms with Gasteiger partial charge in [0.25, 0.3) is 0 Å². The van der Waals surface area contributed by atoms with Crippen molar-refractivity contribution in [2.75, 3.05) is 7.05 Å². The molecule has 0 unspecified atom stereocenters. The molecule has 2 rings (SSSR count). The van der Waals surface area contributed by atoms with E-state index >= 15 is 0 Å². The third kappa shape index (κ3) is 3.52. The average Bonchev–Trinajstić information content (AvgIpc) is 2.86. The molecule has 19 heavy (non-hydrogen) atoms. The molecular formula is C15H18ClNO2. The summed E-state index contributed by atoms with van der Waals surface area (Å²) in [5.74, 6) is 1.66. The van der Waals surface area contributed by atoms with Crippen molar-refractivity contribution in [3.05, 3.63) is 52.4 Å². The summed E-state index contributed by atoms with van der Waals surface area (Å²) in [5.41, 5.74) is 2.21. The number of benzene rings is 1. The second-order valence-corrected chi connectivity index (χ2v) is 4.70. The molecule has 0 saturated carbocycles. The summed E-state index contributed by atoms with van der Waals surface area (Å²) in [6, 6.07) is 7.67. The Morgan fingerprint density at radius 3 is 2.84 bits per heavy atom. The second kappa shape index (κ2) is 6.64. The molecule has 0 aliphatic carbocycles. The molecule has 0 aliphatic heterocycles. The van der Waals surface area contributed by atoms with Crippen LogP contribution in [0.3, 0.4) is 0 Å². The fourth-order valence-electron chi connectivity index (χ4n) is 1.90. The van der Waals surface area contributed by atoms with Crippen LogP contribution >= 0.6 is 11.6 Å². The maximum absolute atomic E-state index is 6.08. The van der Waals surface area contributed by atoms with E-state index in [0.29, 0.717) is 6.61 Å². The zero-order valence-corrected chi connectivity index (χ0v) is 12.0. The molecule has 1 aromatic heterocycles. The molecule has 1 heterocycles. The molecule has 0 spiro atoms. The van der Waals surface area contributed by atoms with E-state index in [0.717, 1.165) is 40.6 Å². The average molecular weight is 280 g/mol. The van der Waals surface area contributed by atoms with Gasteiger partial charge in [0.2, 0.25) is 0 Å². The quantitative estimate of drug-likeness (QED) is 0.873. The van der Waals surface area contributed by atoms with Crippen LogP contribution in [0, 0.1) is 0 Å². The lowest BCUT2D eigenvalue weighted by Gasteiger charge is -2.08. The van der Waals surface area contributed by atoms with Gasteiger partial charge in [0.15, 0.2) is 0 Å². The lowest BCUT2D eigenvalue weighted by molar-refractivity contribution is 0.268. The Labute approximate surface area is 118 Å². The van der Waals surface area contributed by atoms with Crippen molar-refractivity contribution in [1.29, 1.82) is 0 Å². The molecule has 102 valence electrons. The first-order valence-corrected chi connectivity index (χ1v) is 6.73. The molecule has 0 atom stereocenters. The number of rotatable bonds is 6. The zero-order chi connectivity index (χ0) is 13.7. The summed E-state index contributed by atoms with van der Waals surface area (Å²) in [6.45, 7) is 3.27. The van der Waals surface area contributed by atoms with Gasteiger partial charge in [0.05, 0.1) is 6.26 Å². The highest BCUT2D eigenvalue weighted by atomic mass is 35.5. The van der Waals surface area contributed by atoms with E-state index in [-0.39, 0.29) is 0 Å². The maximum atomic E-state index is 6.08. The Bertz CT molecular complexity index is 537. The maximum Gasteiger partial charge on any atom is 0.146 e. The normalized spacial score (nSPS) is 10.7. The highest BCUT2D eigenvalue weighted by Gasteiger charge is 2.07. The van der Waals surface area contributed by atoms with Crippen molar-refractivity contribution in [3.63, 3.8) is 0 Å². The van der Waals surface area contributed by atoms with Crippen LogP contribution in [0.1, 0.15) is 23.8 Å². The fourth-order valence-corrected chi connectivity index (χ4v) is 2.15. The smallest absolute Gasteiger partial charge is 0.146 e. The predicted molar refractivity (Wildman–Crippen MR) is 76.6 cm³/mol. The van der Waals surface area contributed by atoms with E-state index in [9.17, 15) is 0 Å². The monoisotopic (exact) mass is 279 g/mol. The Kier molecular flexibility index (Phi) is 4.88. The van der Waals surface area contributed by atoms with Crippen LogP contribution in [0.25, 0.3) is 0 Å². The van der Waals surface area contributed by atoms with Crippen LogP contribution in [0.15, 0.2) is 34.9 Å². The van der Waals surface area contributed by atoms with E-state index in [1.807, 2.05) is 31.3 Å². The van der Waals surface area contributed by atoms with Gasteiger partial charge in [-0.2, -0.15) is 0 Å². The van der Waals surface area contributed by atoms with Crippen LogP contribution in [-0.4, -0.2) is 7.05 Å². The molecule has 0 radical (unpaired) electrons. The number of aryl methyl sites for hydroxylation is 1. The summed E-state index contributed by atoms with van der Waals surface area (Å²) in [4.78, 5) is 0. The highest BCUT2D eigenvalue weighted by Crippen LogP contribution is 2.23. The van der Waals surface area contributed by atoms with E-state index in [4.69, 9.17) is 20.8 Å². The standard InChI is InChI=1S/C15H18ClNO2/c1-3-11-8-13(4-5-14(11)16)19-10-15-12(9-17-2)6-7-18-15/h4-8,17H,3,9-10H2,1-2H3. The van der Waals surface area contributed by atoms with Gasteiger partial charge in [-0.1, -0.05) is 18.5 Å². The number of ether oxygens (including phenoxy) is 1. The Balaban J connectivity index is 2.04. The van der Waals surface area contributed by atoms with E-state index in [1.54, 1.807) is 6.26 Å². The number of hydrogen-bond acceptors (Lipinski definition) is 3. The second-order valence-electron chi connectivity index (χ2n) is 4.29. The first-order valence-electron chi connectivity index (χ1n) is 6.35. The number of halogens is 1. The minimum Gasteiger partial charge on any atom is -0.486 e. The van der Waals surface area contributed by atoms with E-state index < -0.39 is 0 Å². The fraction of sp³-hybridized carbons (Fsp3) is 0.333. The molecule has 4 heteroatoms. The lowest BCUT2D eigenvalue weighted by Crippen LogP contribution is -2.07. The Morgan fingerprint density at radius 2 is 2.11 bits per heavy atom. The topological polar surface area (TPSA) is 34.4 Å². The first kappa shape index (κ1) is 14.0. The van der Waals surface area contributed by atoms with E-state index in [1.165, 1.54) is 0 Å². The van der Waals surface area contributed by atoms with Crippen LogP contribution in [0.2, 0.25) is 5.02 Å². The third-order valence-corrected chi connectivity index (χ3v) is 3.34. The number of nitrogens with one attached hydrogen (secondary N) is 1. The molecular weight excluding hydrogens is 262 g/mol.